The Kier molecular flexibility index (Phi) is 4.52. The lowest BCUT2D eigenvalue weighted by Crippen LogP contribution is -2.39. The van der Waals surface area contributed by atoms with Gasteiger partial charge in [0.15, 0.2) is 0 Å². The molecule has 15 heavy (non-hydrogen) atoms. The van der Waals surface area contributed by atoms with E-state index in [-0.39, 0.29) is 6.04 Å². The van der Waals surface area contributed by atoms with Crippen molar-refractivity contribution in [3.63, 3.8) is 0 Å². The van der Waals surface area contributed by atoms with Gasteiger partial charge in [0.2, 0.25) is 0 Å². The summed E-state index contributed by atoms with van der Waals surface area (Å²) in [6, 6.07) is -0.881. The molecule has 6 heteroatoms. The second-order valence-electron chi connectivity index (χ2n) is 3.16. The maximum atomic E-state index is 11.4. The Balaban J connectivity index is 2.67. The lowest BCUT2D eigenvalue weighted by atomic mass is 10.1. The number of nitrogens with zero attached hydrogens (tertiary/aromatic N) is 2. The van der Waals surface area contributed by atoms with E-state index in [1.165, 1.54) is 0 Å². The SMILES string of the molecule is CCOC(=O)C(N)C(C)n1cc(I)cn1. The molecule has 5 nitrogen and oxygen atoms in total. The number of rotatable bonds is 4. The molecule has 0 aliphatic carbocycles. The molecule has 0 radical (unpaired) electrons. The molecular formula is C9H14IN3O2. The minimum atomic E-state index is -0.680. The molecule has 0 amide bonds. The van der Waals surface area contributed by atoms with Crippen molar-refractivity contribution in [2.75, 3.05) is 6.61 Å². The van der Waals surface area contributed by atoms with Gasteiger partial charge in [-0.1, -0.05) is 0 Å². The first-order chi connectivity index (χ1) is 7.06. The average Bonchev–Trinajstić information content (AvgIpc) is 2.63. The third-order valence-corrected chi connectivity index (χ3v) is 2.62. The van der Waals surface area contributed by atoms with E-state index in [1.54, 1.807) is 17.8 Å². The van der Waals surface area contributed by atoms with Crippen LogP contribution in [-0.4, -0.2) is 28.4 Å². The molecule has 1 rings (SSSR count). The smallest absolute Gasteiger partial charge is 0.325 e. The van der Waals surface area contributed by atoms with Gasteiger partial charge in [0.25, 0.3) is 0 Å². The van der Waals surface area contributed by atoms with E-state index in [9.17, 15) is 4.79 Å². The van der Waals surface area contributed by atoms with Crippen molar-refractivity contribution < 1.29 is 9.53 Å². The standard InChI is InChI=1S/C9H14IN3O2/c1-3-15-9(14)8(11)6(2)13-5-7(10)4-12-13/h4-6,8H,3,11H2,1-2H3. The largest absolute Gasteiger partial charge is 0.465 e. The van der Waals surface area contributed by atoms with Gasteiger partial charge in [-0.2, -0.15) is 5.10 Å². The number of hydrogen-bond donors (Lipinski definition) is 1. The lowest BCUT2D eigenvalue weighted by Gasteiger charge is -2.18. The van der Waals surface area contributed by atoms with Crippen LogP contribution in [0.2, 0.25) is 0 Å². The van der Waals surface area contributed by atoms with Gasteiger partial charge in [-0.3, -0.25) is 9.48 Å². The molecule has 0 aliphatic heterocycles. The molecule has 2 atom stereocenters. The van der Waals surface area contributed by atoms with Crippen LogP contribution in [-0.2, 0) is 9.53 Å². The van der Waals surface area contributed by atoms with E-state index in [0.717, 1.165) is 3.57 Å². The van der Waals surface area contributed by atoms with E-state index in [4.69, 9.17) is 10.5 Å². The molecule has 0 aliphatic rings. The zero-order chi connectivity index (χ0) is 11.4. The predicted molar refractivity (Wildman–Crippen MR) is 64.3 cm³/mol. The number of nitrogens with two attached hydrogens (primary N) is 1. The van der Waals surface area contributed by atoms with Crippen molar-refractivity contribution >= 4 is 28.6 Å². The Bertz CT molecular complexity index is 340. The third kappa shape index (κ3) is 3.16. The van der Waals surface area contributed by atoms with Gasteiger partial charge in [0.05, 0.1) is 22.4 Å². The second kappa shape index (κ2) is 5.45. The number of esters is 1. The molecule has 0 aromatic carbocycles. The van der Waals surface area contributed by atoms with Crippen LogP contribution in [0.15, 0.2) is 12.4 Å². The van der Waals surface area contributed by atoms with E-state index in [2.05, 4.69) is 27.7 Å². The van der Waals surface area contributed by atoms with Crippen LogP contribution >= 0.6 is 22.6 Å². The predicted octanol–water partition coefficient (Wildman–Crippen LogP) is 0.939. The van der Waals surface area contributed by atoms with Crippen LogP contribution in [0.4, 0.5) is 0 Å². The van der Waals surface area contributed by atoms with Gasteiger partial charge in [-0.25, -0.2) is 0 Å². The number of ether oxygens (including phenoxy) is 1. The van der Waals surface area contributed by atoms with E-state index >= 15 is 0 Å². The molecule has 84 valence electrons. The summed E-state index contributed by atoms with van der Waals surface area (Å²) >= 11 is 2.15. The molecule has 0 saturated carbocycles. The minimum Gasteiger partial charge on any atom is -0.465 e. The molecule has 0 spiro atoms. The molecule has 1 aromatic rings. The monoisotopic (exact) mass is 323 g/mol. The first kappa shape index (κ1) is 12.4. The van der Waals surface area contributed by atoms with Crippen molar-refractivity contribution in [1.29, 1.82) is 0 Å². The maximum Gasteiger partial charge on any atom is 0.325 e. The summed E-state index contributed by atoms with van der Waals surface area (Å²) in [6.07, 6.45) is 3.55. The lowest BCUT2D eigenvalue weighted by molar-refractivity contribution is -0.145. The molecule has 1 heterocycles. The van der Waals surface area contributed by atoms with Crippen molar-refractivity contribution in [3.05, 3.63) is 16.0 Å². The van der Waals surface area contributed by atoms with Crippen molar-refractivity contribution in [1.82, 2.24) is 9.78 Å². The van der Waals surface area contributed by atoms with E-state index < -0.39 is 12.0 Å². The summed E-state index contributed by atoms with van der Waals surface area (Å²) in [5.74, 6) is -0.393. The average molecular weight is 323 g/mol. The fraction of sp³-hybridized carbons (Fsp3) is 0.556. The Morgan fingerprint density at radius 1 is 1.80 bits per heavy atom. The van der Waals surface area contributed by atoms with Crippen LogP contribution in [0.25, 0.3) is 0 Å². The highest BCUT2D eigenvalue weighted by atomic mass is 127. The topological polar surface area (TPSA) is 70.1 Å². The Morgan fingerprint density at radius 3 is 2.93 bits per heavy atom. The first-order valence-corrected chi connectivity index (χ1v) is 5.76. The molecule has 2 N–H and O–H groups in total. The van der Waals surface area contributed by atoms with Crippen LogP contribution in [0, 0.1) is 3.57 Å². The summed E-state index contributed by atoms with van der Waals surface area (Å²) in [5.41, 5.74) is 5.75. The van der Waals surface area contributed by atoms with E-state index in [0.29, 0.717) is 6.61 Å². The van der Waals surface area contributed by atoms with Gasteiger partial charge >= 0.3 is 5.97 Å². The number of carbonyl (C=O) groups is 1. The second-order valence-corrected chi connectivity index (χ2v) is 4.40. The summed E-state index contributed by atoms with van der Waals surface area (Å²) < 4.78 is 7.53. The fourth-order valence-corrected chi connectivity index (χ4v) is 1.55. The quantitative estimate of drug-likeness (QED) is 0.661. The van der Waals surface area contributed by atoms with Crippen LogP contribution in [0.1, 0.15) is 19.9 Å². The van der Waals surface area contributed by atoms with Gasteiger partial charge in [0.1, 0.15) is 6.04 Å². The van der Waals surface area contributed by atoms with Gasteiger partial charge < -0.3 is 10.5 Å². The normalized spacial score (nSPS) is 14.7. The summed E-state index contributed by atoms with van der Waals surface area (Å²) in [7, 11) is 0. The number of hydrogen-bond acceptors (Lipinski definition) is 4. The van der Waals surface area contributed by atoms with Gasteiger partial charge in [-0.05, 0) is 36.4 Å². The highest BCUT2D eigenvalue weighted by Crippen LogP contribution is 2.12. The van der Waals surface area contributed by atoms with Crippen LogP contribution in [0.5, 0.6) is 0 Å². The van der Waals surface area contributed by atoms with Gasteiger partial charge in [-0.15, -0.1) is 0 Å². The molecule has 0 fully saturated rings. The maximum absolute atomic E-state index is 11.4. The first-order valence-electron chi connectivity index (χ1n) is 4.68. The third-order valence-electron chi connectivity index (χ3n) is 2.07. The molecule has 0 saturated heterocycles. The summed E-state index contributed by atoms with van der Waals surface area (Å²) in [5, 5.41) is 4.10. The van der Waals surface area contributed by atoms with Gasteiger partial charge in [0, 0.05) is 6.20 Å². The molecule has 0 bridgehead atoms. The summed E-state index contributed by atoms with van der Waals surface area (Å²) in [4.78, 5) is 11.4. The van der Waals surface area contributed by atoms with Crippen molar-refractivity contribution in [3.8, 4) is 0 Å². The highest BCUT2D eigenvalue weighted by Gasteiger charge is 2.23. The Morgan fingerprint density at radius 2 is 2.47 bits per heavy atom. The molecule has 2 unspecified atom stereocenters. The summed E-state index contributed by atoms with van der Waals surface area (Å²) in [6.45, 7) is 3.94. The zero-order valence-electron chi connectivity index (χ0n) is 8.68. The molecule has 1 aromatic heterocycles. The molecular weight excluding hydrogens is 309 g/mol. The van der Waals surface area contributed by atoms with Crippen molar-refractivity contribution in [2.45, 2.75) is 25.9 Å². The van der Waals surface area contributed by atoms with Crippen LogP contribution < -0.4 is 5.73 Å². The number of carbonyl (C=O) groups excluding carboxylic acids is 1. The highest BCUT2D eigenvalue weighted by molar-refractivity contribution is 14.1. The number of aromatic nitrogens is 2. The Hall–Kier alpha value is -0.630. The Labute approximate surface area is 102 Å². The van der Waals surface area contributed by atoms with Crippen molar-refractivity contribution in [2.24, 2.45) is 5.73 Å². The minimum absolute atomic E-state index is 0.201. The fourth-order valence-electron chi connectivity index (χ4n) is 1.14. The van der Waals surface area contributed by atoms with E-state index in [1.807, 2.05) is 13.1 Å². The van der Waals surface area contributed by atoms with Crippen LogP contribution in [0.3, 0.4) is 0 Å². The zero-order valence-corrected chi connectivity index (χ0v) is 10.8. The number of halogens is 1.